The number of hydrogen-bond acceptors (Lipinski definition) is 7. The number of halogens is 2. The zero-order valence-electron chi connectivity index (χ0n) is 13.5. The molecule has 0 fully saturated rings. The zero-order chi connectivity index (χ0) is 18.9. The predicted octanol–water partition coefficient (Wildman–Crippen LogP) is 2.68. The van der Waals surface area contributed by atoms with E-state index >= 15 is 0 Å². The molecular formula is C13H18Cl2O7S2. The van der Waals surface area contributed by atoms with Crippen molar-refractivity contribution in [2.24, 2.45) is 0 Å². The molecule has 0 spiro atoms. The fourth-order valence-corrected chi connectivity index (χ4v) is 3.56. The second-order valence-corrected chi connectivity index (χ2v) is 9.85. The van der Waals surface area contributed by atoms with Crippen molar-refractivity contribution in [2.45, 2.75) is 25.7 Å². The van der Waals surface area contributed by atoms with E-state index in [0.717, 1.165) is 18.6 Å². The standard InChI is InChI=1S/C13H18Cl2O7S2/c1-13(2,5-6-21-23(3,17)18)10-9(22-24(4,19)20)7-8(14)12(16)11(10)15/h7,16H,5-6H2,1-4H3. The van der Waals surface area contributed by atoms with Crippen LogP contribution < -0.4 is 4.18 Å². The van der Waals surface area contributed by atoms with Crippen molar-refractivity contribution < 1.29 is 30.3 Å². The molecule has 1 aromatic rings. The summed E-state index contributed by atoms with van der Waals surface area (Å²) >= 11 is 11.9. The molecule has 0 radical (unpaired) electrons. The molecule has 24 heavy (non-hydrogen) atoms. The number of benzene rings is 1. The highest BCUT2D eigenvalue weighted by Crippen LogP contribution is 2.47. The Labute approximate surface area is 151 Å². The minimum Gasteiger partial charge on any atom is -0.505 e. The first-order chi connectivity index (χ1) is 10.6. The Hall–Kier alpha value is -0.740. The lowest BCUT2D eigenvalue weighted by atomic mass is 9.81. The third kappa shape index (κ3) is 5.96. The van der Waals surface area contributed by atoms with Crippen molar-refractivity contribution in [1.82, 2.24) is 0 Å². The Morgan fingerprint density at radius 1 is 1.12 bits per heavy atom. The van der Waals surface area contributed by atoms with Gasteiger partial charge in [0.15, 0.2) is 5.75 Å². The molecule has 0 bridgehead atoms. The van der Waals surface area contributed by atoms with Gasteiger partial charge in [0, 0.05) is 11.6 Å². The predicted molar refractivity (Wildman–Crippen MR) is 92.0 cm³/mol. The van der Waals surface area contributed by atoms with Crippen molar-refractivity contribution >= 4 is 43.4 Å². The van der Waals surface area contributed by atoms with Crippen LogP contribution in [0.25, 0.3) is 0 Å². The van der Waals surface area contributed by atoms with E-state index in [4.69, 9.17) is 31.6 Å². The van der Waals surface area contributed by atoms with Gasteiger partial charge in [0.05, 0.1) is 29.2 Å². The van der Waals surface area contributed by atoms with Crippen molar-refractivity contribution in [2.75, 3.05) is 19.1 Å². The van der Waals surface area contributed by atoms with Crippen LogP contribution in [0.1, 0.15) is 25.8 Å². The molecule has 0 unspecified atom stereocenters. The average molecular weight is 421 g/mol. The number of phenols is 1. The van der Waals surface area contributed by atoms with Gasteiger partial charge in [-0.2, -0.15) is 16.8 Å². The molecule has 7 nitrogen and oxygen atoms in total. The summed E-state index contributed by atoms with van der Waals surface area (Å²) in [5, 5.41) is 9.58. The molecule has 1 rings (SSSR count). The van der Waals surface area contributed by atoms with E-state index in [9.17, 15) is 21.9 Å². The molecule has 0 heterocycles. The summed E-state index contributed by atoms with van der Waals surface area (Å²) in [6.45, 7) is 3.18. The van der Waals surface area contributed by atoms with Gasteiger partial charge >= 0.3 is 10.1 Å². The largest absolute Gasteiger partial charge is 0.505 e. The minimum atomic E-state index is -3.88. The molecule has 0 aliphatic rings. The summed E-state index contributed by atoms with van der Waals surface area (Å²) in [5.41, 5.74) is -0.710. The fraction of sp³-hybridized carbons (Fsp3) is 0.538. The van der Waals surface area contributed by atoms with Crippen molar-refractivity contribution in [3.05, 3.63) is 21.7 Å². The molecule has 0 saturated carbocycles. The fourth-order valence-electron chi connectivity index (χ4n) is 2.02. The molecule has 138 valence electrons. The molecule has 0 amide bonds. The molecular weight excluding hydrogens is 403 g/mol. The summed E-state index contributed by atoms with van der Waals surface area (Å²) in [4.78, 5) is 0. The molecule has 11 heteroatoms. The summed E-state index contributed by atoms with van der Waals surface area (Å²) in [5.74, 6) is -0.569. The van der Waals surface area contributed by atoms with Crippen molar-refractivity contribution in [3.63, 3.8) is 0 Å². The Bertz CT molecular complexity index is 830. The van der Waals surface area contributed by atoms with Crippen LogP contribution in [0.3, 0.4) is 0 Å². The lowest BCUT2D eigenvalue weighted by molar-refractivity contribution is 0.277. The van der Waals surface area contributed by atoms with E-state index in [1.54, 1.807) is 13.8 Å². The molecule has 1 N–H and O–H groups in total. The van der Waals surface area contributed by atoms with E-state index in [2.05, 4.69) is 0 Å². The third-order valence-corrected chi connectivity index (χ3v) is 4.83. The first-order valence-corrected chi connectivity index (χ1v) is 11.0. The van der Waals surface area contributed by atoms with Gasteiger partial charge in [-0.3, -0.25) is 4.18 Å². The number of hydrogen-bond donors (Lipinski definition) is 1. The number of phenolic OH excluding ortho intramolecular Hbond substituents is 1. The van der Waals surface area contributed by atoms with Gasteiger partial charge in [0.2, 0.25) is 0 Å². The summed E-state index contributed by atoms with van der Waals surface area (Å²) < 4.78 is 54.7. The first kappa shape index (κ1) is 21.3. The van der Waals surface area contributed by atoms with Crippen molar-refractivity contribution in [1.29, 1.82) is 0 Å². The maximum absolute atomic E-state index is 11.5. The number of rotatable bonds is 7. The zero-order valence-corrected chi connectivity index (χ0v) is 16.6. The van der Waals surface area contributed by atoms with Crippen LogP contribution in [0.2, 0.25) is 10.0 Å². The molecule has 0 saturated heterocycles. The van der Waals surface area contributed by atoms with Crippen LogP contribution in [-0.4, -0.2) is 41.1 Å². The monoisotopic (exact) mass is 420 g/mol. The summed E-state index contributed by atoms with van der Waals surface area (Å²) in [7, 11) is -7.50. The van der Waals surface area contributed by atoms with E-state index in [1.807, 2.05) is 0 Å². The Morgan fingerprint density at radius 2 is 1.67 bits per heavy atom. The van der Waals surface area contributed by atoms with Gasteiger partial charge < -0.3 is 9.29 Å². The lowest BCUT2D eigenvalue weighted by Crippen LogP contribution is -2.23. The Morgan fingerprint density at radius 3 is 2.12 bits per heavy atom. The second kappa shape index (κ2) is 7.25. The van der Waals surface area contributed by atoms with E-state index in [0.29, 0.717) is 0 Å². The van der Waals surface area contributed by atoms with Gasteiger partial charge in [0.25, 0.3) is 10.1 Å². The lowest BCUT2D eigenvalue weighted by Gasteiger charge is -2.28. The second-order valence-electron chi connectivity index (χ2n) is 5.84. The molecule has 0 aliphatic carbocycles. The highest BCUT2D eigenvalue weighted by molar-refractivity contribution is 7.86. The van der Waals surface area contributed by atoms with E-state index < -0.39 is 31.4 Å². The molecule has 0 atom stereocenters. The third-order valence-electron chi connectivity index (χ3n) is 3.10. The smallest absolute Gasteiger partial charge is 0.306 e. The Balaban J connectivity index is 3.35. The van der Waals surface area contributed by atoms with Gasteiger partial charge in [-0.1, -0.05) is 37.0 Å². The maximum atomic E-state index is 11.5. The summed E-state index contributed by atoms with van der Waals surface area (Å²) in [6.07, 6.45) is 1.92. The SMILES string of the molecule is CC(C)(CCOS(C)(=O)=O)c1c(OS(C)(=O)=O)cc(Cl)c(O)c1Cl. The highest BCUT2D eigenvalue weighted by atomic mass is 35.5. The molecule has 0 aromatic heterocycles. The summed E-state index contributed by atoms with van der Waals surface area (Å²) in [6, 6.07) is 1.14. The quantitative estimate of drug-likeness (QED) is 0.675. The normalized spacial score (nSPS) is 13.1. The average Bonchev–Trinajstić information content (AvgIpc) is 2.31. The minimum absolute atomic E-state index is 0.144. The Kier molecular flexibility index (Phi) is 6.43. The van der Waals surface area contributed by atoms with Crippen LogP contribution in [0, 0.1) is 0 Å². The maximum Gasteiger partial charge on any atom is 0.306 e. The number of aromatic hydroxyl groups is 1. The van der Waals surface area contributed by atoms with Gasteiger partial charge in [-0.05, 0) is 11.8 Å². The van der Waals surface area contributed by atoms with Gasteiger partial charge in [-0.15, -0.1) is 0 Å². The van der Waals surface area contributed by atoms with Crippen LogP contribution in [0.4, 0.5) is 0 Å². The molecule has 0 aliphatic heterocycles. The van der Waals surface area contributed by atoms with Gasteiger partial charge in [0.1, 0.15) is 5.75 Å². The van der Waals surface area contributed by atoms with Crippen molar-refractivity contribution in [3.8, 4) is 11.5 Å². The highest BCUT2D eigenvalue weighted by Gasteiger charge is 2.32. The topological polar surface area (TPSA) is 107 Å². The first-order valence-electron chi connectivity index (χ1n) is 6.59. The van der Waals surface area contributed by atoms with E-state index in [1.165, 1.54) is 0 Å². The van der Waals surface area contributed by atoms with Crippen LogP contribution in [0.15, 0.2) is 6.07 Å². The van der Waals surface area contributed by atoms with Gasteiger partial charge in [-0.25, -0.2) is 0 Å². The van der Waals surface area contributed by atoms with E-state index in [-0.39, 0.29) is 34.4 Å². The molecule has 1 aromatic carbocycles. The van der Waals surface area contributed by atoms with Crippen LogP contribution in [-0.2, 0) is 29.8 Å². The van der Waals surface area contributed by atoms with Crippen LogP contribution >= 0.6 is 23.2 Å². The van der Waals surface area contributed by atoms with Crippen LogP contribution in [0.5, 0.6) is 11.5 Å².